The van der Waals surface area contributed by atoms with Gasteiger partial charge in [-0.1, -0.05) is 46.3 Å². The number of rotatable bonds is 5. The van der Waals surface area contributed by atoms with E-state index >= 15 is 0 Å². The molecule has 0 amide bonds. The van der Waals surface area contributed by atoms with Crippen LogP contribution in [0.2, 0.25) is 0 Å². The number of likely N-dealkylation sites (tertiary alicyclic amines) is 1. The standard InChI is InChI=1S/C23H24BrN3O3/c1-2-30-23(29)17-11-13-26(14-12-17)15-27-22(28)20-6-4-3-5-19(20)21(25-27)16-7-9-18(24)10-8-16/h3-10,17H,2,11-15H2,1H3. The van der Waals surface area contributed by atoms with Crippen LogP contribution in [-0.2, 0) is 16.2 Å². The fourth-order valence-electron chi connectivity index (χ4n) is 3.91. The van der Waals surface area contributed by atoms with E-state index in [2.05, 4.69) is 20.8 Å². The molecule has 0 radical (unpaired) electrons. The Hall–Kier alpha value is -2.51. The summed E-state index contributed by atoms with van der Waals surface area (Å²) in [5.74, 6) is -0.170. The maximum Gasteiger partial charge on any atom is 0.309 e. The summed E-state index contributed by atoms with van der Waals surface area (Å²) in [6.07, 6.45) is 1.47. The van der Waals surface area contributed by atoms with Gasteiger partial charge < -0.3 is 4.74 Å². The molecule has 0 atom stereocenters. The second kappa shape index (κ2) is 9.10. The van der Waals surface area contributed by atoms with Crippen LogP contribution in [0.15, 0.2) is 57.8 Å². The number of esters is 1. The van der Waals surface area contributed by atoms with Gasteiger partial charge in [0.1, 0.15) is 0 Å². The van der Waals surface area contributed by atoms with Gasteiger partial charge >= 0.3 is 5.97 Å². The summed E-state index contributed by atoms with van der Waals surface area (Å²) in [4.78, 5) is 27.2. The van der Waals surface area contributed by atoms with Crippen molar-refractivity contribution in [2.75, 3.05) is 19.7 Å². The number of carbonyl (C=O) groups is 1. The molecule has 3 aromatic rings. The molecule has 7 heteroatoms. The number of piperidine rings is 1. The minimum atomic E-state index is -0.115. The van der Waals surface area contributed by atoms with Crippen LogP contribution in [0.1, 0.15) is 19.8 Å². The van der Waals surface area contributed by atoms with Crippen molar-refractivity contribution in [1.29, 1.82) is 0 Å². The second-order valence-corrected chi connectivity index (χ2v) is 8.41. The number of nitrogens with zero attached hydrogens (tertiary/aromatic N) is 3. The second-order valence-electron chi connectivity index (χ2n) is 7.49. The first-order valence-electron chi connectivity index (χ1n) is 10.2. The molecule has 0 unspecified atom stereocenters. The minimum Gasteiger partial charge on any atom is -0.466 e. The lowest BCUT2D eigenvalue weighted by molar-refractivity contribution is -0.149. The Balaban J connectivity index is 1.62. The predicted molar refractivity (Wildman–Crippen MR) is 120 cm³/mol. The normalized spacial score (nSPS) is 15.4. The summed E-state index contributed by atoms with van der Waals surface area (Å²) < 4.78 is 7.69. The van der Waals surface area contributed by atoms with Gasteiger partial charge in [0.2, 0.25) is 0 Å². The highest BCUT2D eigenvalue weighted by Gasteiger charge is 2.26. The van der Waals surface area contributed by atoms with Crippen LogP contribution in [0.3, 0.4) is 0 Å². The Morgan fingerprint density at radius 3 is 2.43 bits per heavy atom. The monoisotopic (exact) mass is 469 g/mol. The molecule has 6 nitrogen and oxygen atoms in total. The Kier molecular flexibility index (Phi) is 6.29. The number of benzene rings is 2. The van der Waals surface area contributed by atoms with Crippen molar-refractivity contribution in [1.82, 2.24) is 14.7 Å². The van der Waals surface area contributed by atoms with E-state index in [0.29, 0.717) is 18.7 Å². The van der Waals surface area contributed by atoms with Crippen LogP contribution >= 0.6 is 15.9 Å². The van der Waals surface area contributed by atoms with Gasteiger partial charge in [-0.05, 0) is 38.0 Å². The van der Waals surface area contributed by atoms with Crippen LogP contribution in [0.5, 0.6) is 0 Å². The predicted octanol–water partition coefficient (Wildman–Crippen LogP) is 4.06. The van der Waals surface area contributed by atoms with Crippen LogP contribution in [0, 0.1) is 5.92 Å². The van der Waals surface area contributed by atoms with Crippen molar-refractivity contribution < 1.29 is 9.53 Å². The Bertz CT molecular complexity index is 1100. The van der Waals surface area contributed by atoms with E-state index in [4.69, 9.17) is 9.84 Å². The van der Waals surface area contributed by atoms with Crippen LogP contribution < -0.4 is 5.56 Å². The number of carbonyl (C=O) groups excluding carboxylic acids is 1. The molecule has 0 aliphatic carbocycles. The van der Waals surface area contributed by atoms with Crippen molar-refractivity contribution in [3.05, 3.63) is 63.4 Å². The van der Waals surface area contributed by atoms with Gasteiger partial charge in [-0.15, -0.1) is 0 Å². The van der Waals surface area contributed by atoms with E-state index in [9.17, 15) is 9.59 Å². The number of aromatic nitrogens is 2. The third-order valence-electron chi connectivity index (χ3n) is 5.53. The third kappa shape index (κ3) is 4.32. The molecule has 0 saturated carbocycles. The van der Waals surface area contributed by atoms with Crippen molar-refractivity contribution in [3.8, 4) is 11.3 Å². The Morgan fingerprint density at radius 2 is 1.77 bits per heavy atom. The molecule has 1 saturated heterocycles. The van der Waals surface area contributed by atoms with Crippen LogP contribution in [0.4, 0.5) is 0 Å². The highest BCUT2D eigenvalue weighted by molar-refractivity contribution is 9.10. The molecule has 1 aromatic heterocycles. The van der Waals surface area contributed by atoms with E-state index in [-0.39, 0.29) is 17.4 Å². The van der Waals surface area contributed by atoms with Gasteiger partial charge in [-0.25, -0.2) is 4.68 Å². The van der Waals surface area contributed by atoms with Gasteiger partial charge in [0.05, 0.1) is 30.3 Å². The average Bonchev–Trinajstić information content (AvgIpc) is 2.77. The smallest absolute Gasteiger partial charge is 0.309 e. The molecular formula is C23H24BrN3O3. The molecule has 0 N–H and O–H groups in total. The molecule has 1 aliphatic rings. The first-order chi connectivity index (χ1) is 14.6. The molecule has 0 bridgehead atoms. The number of hydrogen-bond acceptors (Lipinski definition) is 5. The third-order valence-corrected chi connectivity index (χ3v) is 6.06. The summed E-state index contributed by atoms with van der Waals surface area (Å²) in [5.41, 5.74) is 1.65. The first kappa shape index (κ1) is 20.8. The quantitative estimate of drug-likeness (QED) is 0.527. The maximum atomic E-state index is 13.1. The highest BCUT2D eigenvalue weighted by Crippen LogP contribution is 2.26. The lowest BCUT2D eigenvalue weighted by atomic mass is 9.97. The summed E-state index contributed by atoms with van der Waals surface area (Å²) in [7, 11) is 0. The lowest BCUT2D eigenvalue weighted by Gasteiger charge is -2.30. The molecule has 2 aromatic carbocycles. The molecule has 4 rings (SSSR count). The number of ether oxygens (including phenoxy) is 1. The van der Waals surface area contributed by atoms with Crippen LogP contribution in [-0.4, -0.2) is 40.3 Å². The van der Waals surface area contributed by atoms with Crippen LogP contribution in [0.25, 0.3) is 22.0 Å². The molecule has 156 valence electrons. The van der Waals surface area contributed by atoms with Crippen molar-refractivity contribution >= 4 is 32.7 Å². The summed E-state index contributed by atoms with van der Waals surface area (Å²) in [6, 6.07) is 15.5. The maximum absolute atomic E-state index is 13.1. The first-order valence-corrected chi connectivity index (χ1v) is 11.0. The topological polar surface area (TPSA) is 64.4 Å². The number of fused-ring (bicyclic) bond motifs is 1. The van der Waals surface area contributed by atoms with E-state index in [0.717, 1.165) is 47.0 Å². The SMILES string of the molecule is CCOC(=O)C1CCN(Cn2nc(-c3ccc(Br)cc3)c3ccccc3c2=O)CC1. The largest absolute Gasteiger partial charge is 0.466 e. The van der Waals surface area contributed by atoms with Gasteiger partial charge in [0.25, 0.3) is 5.56 Å². The lowest BCUT2D eigenvalue weighted by Crippen LogP contribution is -2.40. The number of halogens is 1. The fraction of sp³-hybridized carbons (Fsp3) is 0.348. The van der Waals surface area contributed by atoms with E-state index in [1.165, 1.54) is 0 Å². The van der Waals surface area contributed by atoms with Gasteiger partial charge in [0.15, 0.2) is 0 Å². The number of hydrogen-bond donors (Lipinski definition) is 0. The Morgan fingerprint density at radius 1 is 1.10 bits per heavy atom. The van der Waals surface area contributed by atoms with Crippen molar-refractivity contribution in [2.24, 2.45) is 5.92 Å². The van der Waals surface area contributed by atoms with E-state index < -0.39 is 0 Å². The molecule has 1 aliphatic heterocycles. The highest BCUT2D eigenvalue weighted by atomic mass is 79.9. The fourth-order valence-corrected chi connectivity index (χ4v) is 4.18. The zero-order valence-corrected chi connectivity index (χ0v) is 18.5. The molecular weight excluding hydrogens is 446 g/mol. The zero-order valence-electron chi connectivity index (χ0n) is 16.9. The van der Waals surface area contributed by atoms with E-state index in [1.807, 2.05) is 55.5 Å². The molecule has 2 heterocycles. The van der Waals surface area contributed by atoms with Crippen molar-refractivity contribution in [2.45, 2.75) is 26.4 Å². The minimum absolute atomic E-state index is 0.0548. The zero-order chi connectivity index (χ0) is 21.1. The van der Waals surface area contributed by atoms with Gasteiger partial charge in [0, 0.05) is 28.5 Å². The summed E-state index contributed by atoms with van der Waals surface area (Å²) in [6.45, 7) is 4.11. The summed E-state index contributed by atoms with van der Waals surface area (Å²) >= 11 is 3.47. The van der Waals surface area contributed by atoms with Gasteiger partial charge in [-0.3, -0.25) is 14.5 Å². The molecule has 1 fully saturated rings. The molecule has 30 heavy (non-hydrogen) atoms. The van der Waals surface area contributed by atoms with Crippen molar-refractivity contribution in [3.63, 3.8) is 0 Å². The molecule has 0 spiro atoms. The average molecular weight is 470 g/mol. The van der Waals surface area contributed by atoms with Gasteiger partial charge in [-0.2, -0.15) is 5.10 Å². The Labute approximate surface area is 183 Å². The summed E-state index contributed by atoms with van der Waals surface area (Å²) in [5, 5.41) is 6.24. The van der Waals surface area contributed by atoms with E-state index in [1.54, 1.807) is 4.68 Å².